The molecule has 0 saturated carbocycles. The fourth-order valence-electron chi connectivity index (χ4n) is 4.51. The second-order valence-electron chi connectivity index (χ2n) is 9.81. The molecule has 0 fully saturated rings. The van der Waals surface area contributed by atoms with Crippen LogP contribution in [0.5, 0.6) is 11.5 Å². The minimum absolute atomic E-state index is 1.04. The van der Waals surface area contributed by atoms with Crippen LogP contribution in [0, 0.1) is 0 Å². The fourth-order valence-corrected chi connectivity index (χ4v) is 36.5. The van der Waals surface area contributed by atoms with Crippen molar-refractivity contribution in [2.75, 3.05) is 0 Å². The predicted octanol–water partition coefficient (Wildman–Crippen LogP) is 8.37. The molecule has 0 atom stereocenters. The summed E-state index contributed by atoms with van der Waals surface area (Å²) in [6.45, 7) is 8.96. The third kappa shape index (κ3) is 8.95. The van der Waals surface area contributed by atoms with Crippen molar-refractivity contribution in [3.63, 3.8) is 0 Å². The minimum atomic E-state index is -3.30. The van der Waals surface area contributed by atoms with E-state index in [2.05, 4.69) is 83.9 Å². The van der Waals surface area contributed by atoms with Crippen LogP contribution in [0.1, 0.15) is 75.6 Å². The molecule has 0 aromatic heterocycles. The zero-order valence-electron chi connectivity index (χ0n) is 22.3. The van der Waals surface area contributed by atoms with E-state index in [0.29, 0.717) is 0 Å². The average molecular weight is 668 g/mol. The number of rotatable bonds is 14. The summed E-state index contributed by atoms with van der Waals surface area (Å²) < 4.78 is 20.4. The topological polar surface area (TPSA) is 27.7 Å². The molecule has 0 radical (unpaired) electrons. The summed E-state index contributed by atoms with van der Waals surface area (Å²) in [5.41, 5.74) is 5.56. The summed E-state index contributed by atoms with van der Waals surface area (Å²) in [6, 6.07) is 13.0. The first-order valence-corrected chi connectivity index (χ1v) is 29.0. The van der Waals surface area contributed by atoms with Crippen LogP contribution in [0.4, 0.5) is 0 Å². The molecule has 2 aromatic rings. The van der Waals surface area contributed by atoms with Gasteiger partial charge >= 0.3 is 215 Å². The Hall–Kier alpha value is -0.403. The van der Waals surface area contributed by atoms with E-state index in [4.69, 9.17) is 7.56 Å². The van der Waals surface area contributed by atoms with Crippen molar-refractivity contribution < 1.29 is 7.56 Å². The van der Waals surface area contributed by atoms with Gasteiger partial charge in [-0.25, -0.2) is 0 Å². The van der Waals surface area contributed by atoms with Gasteiger partial charge in [-0.3, -0.25) is 0 Å². The molecule has 0 aliphatic carbocycles. The fraction of sp³-hybridized carbons (Fsp3) is 0.571. The average Bonchev–Trinajstić information content (AvgIpc) is 2.75. The first kappa shape index (κ1) is 28.8. The molecule has 2 aromatic carbocycles. The van der Waals surface area contributed by atoms with E-state index >= 15 is 0 Å². The van der Waals surface area contributed by atoms with E-state index in [1.807, 2.05) is 0 Å². The van der Waals surface area contributed by atoms with Crippen molar-refractivity contribution >= 4 is 38.4 Å². The summed E-state index contributed by atoms with van der Waals surface area (Å²) in [4.78, 5) is 8.94. The van der Waals surface area contributed by atoms with Crippen LogP contribution in [0.2, 0.25) is 19.8 Å². The van der Waals surface area contributed by atoms with Crippen molar-refractivity contribution in [1.82, 2.24) is 0 Å². The van der Waals surface area contributed by atoms with Crippen molar-refractivity contribution in [2.24, 2.45) is 0 Å². The van der Waals surface area contributed by atoms with E-state index in [1.54, 1.807) is 0 Å². The van der Waals surface area contributed by atoms with E-state index < -0.39 is 38.4 Å². The van der Waals surface area contributed by atoms with Crippen LogP contribution in [-0.4, -0.2) is 38.4 Å². The van der Waals surface area contributed by atoms with Crippen LogP contribution in [0.15, 0.2) is 36.4 Å². The van der Waals surface area contributed by atoms with E-state index in [-0.39, 0.29) is 0 Å². The van der Waals surface area contributed by atoms with Gasteiger partial charge in [-0.05, 0) is 0 Å². The van der Waals surface area contributed by atoms with Gasteiger partial charge in [0.05, 0.1) is 0 Å². The first-order chi connectivity index (χ1) is 15.7. The van der Waals surface area contributed by atoms with E-state index in [9.17, 15) is 0 Å². The Balaban J connectivity index is 2.23. The van der Waals surface area contributed by atoms with Gasteiger partial charge in [0, 0.05) is 0 Å². The van der Waals surface area contributed by atoms with Crippen molar-refractivity contribution in [3.8, 4) is 11.5 Å². The van der Waals surface area contributed by atoms with Crippen molar-refractivity contribution in [2.45, 2.75) is 98.8 Å². The SMILES string of the molecule is CCCCc1c(CC)cccc1[O][Sn]([CH3])([CH3])[O][Sn]([CH3])([CH3])[O]c1cccc(CC)c1CCCC. The Bertz CT molecular complexity index is 806. The zero-order chi connectivity index (χ0) is 24.5. The number of hydrogen-bond acceptors (Lipinski definition) is 3. The Morgan fingerprint density at radius 1 is 0.606 bits per heavy atom. The Labute approximate surface area is 213 Å². The monoisotopic (exact) mass is 670 g/mol. The second-order valence-corrected chi connectivity index (χ2v) is 31.4. The summed E-state index contributed by atoms with van der Waals surface area (Å²) in [5, 5.41) is 0. The maximum atomic E-state index is 6.87. The zero-order valence-corrected chi connectivity index (χ0v) is 28.1. The van der Waals surface area contributed by atoms with Gasteiger partial charge in [0.15, 0.2) is 0 Å². The van der Waals surface area contributed by atoms with Gasteiger partial charge in [0.25, 0.3) is 0 Å². The van der Waals surface area contributed by atoms with E-state index in [1.165, 1.54) is 47.9 Å². The van der Waals surface area contributed by atoms with Gasteiger partial charge in [-0.15, -0.1) is 0 Å². The third-order valence-corrected chi connectivity index (χ3v) is 31.7. The number of unbranched alkanes of at least 4 members (excludes halogenated alkanes) is 2. The molecule has 33 heavy (non-hydrogen) atoms. The first-order valence-electron chi connectivity index (χ1n) is 13.0. The Kier molecular flexibility index (Phi) is 11.9. The Morgan fingerprint density at radius 3 is 1.33 bits per heavy atom. The predicted molar refractivity (Wildman–Crippen MR) is 146 cm³/mol. The van der Waals surface area contributed by atoms with Crippen molar-refractivity contribution in [1.29, 1.82) is 0 Å². The molecule has 0 unspecified atom stereocenters. The molecule has 0 heterocycles. The van der Waals surface area contributed by atoms with Crippen LogP contribution in [0.3, 0.4) is 0 Å². The van der Waals surface area contributed by atoms with Crippen molar-refractivity contribution in [3.05, 3.63) is 58.7 Å². The van der Waals surface area contributed by atoms with Crippen LogP contribution in [0.25, 0.3) is 0 Å². The van der Waals surface area contributed by atoms with Gasteiger partial charge < -0.3 is 0 Å². The summed E-state index contributed by atoms with van der Waals surface area (Å²) >= 11 is -6.60. The maximum absolute atomic E-state index is 6.87. The third-order valence-electron chi connectivity index (χ3n) is 5.99. The van der Waals surface area contributed by atoms with Crippen LogP contribution >= 0.6 is 0 Å². The quantitative estimate of drug-likeness (QED) is 0.190. The molecule has 0 saturated heterocycles. The number of aryl methyl sites for hydroxylation is 2. The molecule has 0 spiro atoms. The molecule has 0 bridgehead atoms. The van der Waals surface area contributed by atoms with E-state index in [0.717, 1.165) is 37.2 Å². The standard InChI is InChI=1S/2C12H18O.4CH3.O.2Sn/c2*1-3-5-8-11-10(4-2)7-6-9-12(11)13;;;;;;;/h2*6-7,9,13H,3-5,8H2,1-2H3;4*1H3;;;/q;;;;;;;2*+1/p-2. The van der Waals surface area contributed by atoms with Crippen LogP contribution < -0.4 is 6.15 Å². The molecule has 2 rings (SSSR count). The molecule has 5 heteroatoms. The summed E-state index contributed by atoms with van der Waals surface area (Å²) in [5.74, 6) is 2.09. The molecule has 0 N–H and O–H groups in total. The summed E-state index contributed by atoms with van der Waals surface area (Å²) in [7, 11) is 0. The van der Waals surface area contributed by atoms with Gasteiger partial charge in [-0.2, -0.15) is 0 Å². The molecular weight excluding hydrogens is 622 g/mol. The van der Waals surface area contributed by atoms with Crippen LogP contribution in [-0.2, 0) is 27.1 Å². The normalized spacial score (nSPS) is 12.1. The molecule has 3 nitrogen and oxygen atoms in total. The van der Waals surface area contributed by atoms with Gasteiger partial charge in [0.1, 0.15) is 0 Å². The number of benzene rings is 2. The van der Waals surface area contributed by atoms with Gasteiger partial charge in [-0.1, -0.05) is 0 Å². The van der Waals surface area contributed by atoms with Gasteiger partial charge in [0.2, 0.25) is 0 Å². The second kappa shape index (κ2) is 13.6. The molecule has 0 aliphatic rings. The summed E-state index contributed by atoms with van der Waals surface area (Å²) in [6.07, 6.45) is 8.98. The molecular formula is C28H46O3Sn2. The Morgan fingerprint density at radius 2 is 1.00 bits per heavy atom. The molecule has 0 amide bonds. The molecule has 0 aliphatic heterocycles. The molecule has 184 valence electrons. The number of hydrogen-bond donors (Lipinski definition) is 0.